The zero-order valence-corrected chi connectivity index (χ0v) is 19.7. The highest BCUT2D eigenvalue weighted by molar-refractivity contribution is 6.14. The minimum atomic E-state index is -0.317. The number of likely N-dealkylation sites (tertiary alicyclic amines) is 1. The van der Waals surface area contributed by atoms with Crippen molar-refractivity contribution >= 4 is 17.7 Å². The van der Waals surface area contributed by atoms with Gasteiger partial charge in [-0.15, -0.1) is 0 Å². The summed E-state index contributed by atoms with van der Waals surface area (Å²) in [6, 6.07) is 0. The first-order valence-electron chi connectivity index (χ1n) is 13.1. The van der Waals surface area contributed by atoms with Crippen LogP contribution in [0, 0.1) is 0 Å². The van der Waals surface area contributed by atoms with Crippen LogP contribution in [-0.4, -0.2) is 22.6 Å². The molecule has 0 bridgehead atoms. The topological polar surface area (TPSA) is 54.5 Å². The molecule has 0 radical (unpaired) electrons. The second-order valence-corrected chi connectivity index (χ2v) is 9.13. The standard InChI is InChI=1S/C26H47NO3/c1-2-3-4-5-6-7-8-9-10-11-12-13-14-15-16-17-18-19-20-21-24(28)27-25(29)22-23-26(27)30/h2-23H2,1H3. The third-order valence-corrected chi connectivity index (χ3v) is 6.30. The third kappa shape index (κ3) is 13.2. The lowest BCUT2D eigenvalue weighted by molar-refractivity contribution is -0.149. The van der Waals surface area contributed by atoms with E-state index in [1.807, 2.05) is 0 Å². The number of rotatable bonds is 20. The number of imide groups is 3. The Bertz CT molecular complexity index is 459. The Kier molecular flexibility index (Phi) is 16.6. The largest absolute Gasteiger partial charge is 0.274 e. The Balaban J connectivity index is 1.75. The number of hydrogen-bond acceptors (Lipinski definition) is 3. The van der Waals surface area contributed by atoms with Gasteiger partial charge in [-0.2, -0.15) is 0 Å². The fraction of sp³-hybridized carbons (Fsp3) is 0.885. The summed E-state index contributed by atoms with van der Waals surface area (Å²) in [6.45, 7) is 2.28. The predicted molar refractivity (Wildman–Crippen MR) is 124 cm³/mol. The smallest absolute Gasteiger partial charge is 0.236 e. The summed E-state index contributed by atoms with van der Waals surface area (Å²) in [7, 11) is 0. The number of carbonyl (C=O) groups is 3. The molecule has 174 valence electrons. The summed E-state index contributed by atoms with van der Waals surface area (Å²) in [5.41, 5.74) is 0. The van der Waals surface area contributed by atoms with Gasteiger partial charge in [-0.1, -0.05) is 122 Å². The lowest BCUT2D eigenvalue weighted by Gasteiger charge is -2.11. The Hall–Kier alpha value is -1.19. The highest BCUT2D eigenvalue weighted by atomic mass is 16.2. The predicted octanol–water partition coefficient (Wildman–Crippen LogP) is 7.48. The van der Waals surface area contributed by atoms with Gasteiger partial charge in [0.2, 0.25) is 17.7 Å². The first kappa shape index (κ1) is 26.8. The van der Waals surface area contributed by atoms with Gasteiger partial charge in [0.25, 0.3) is 0 Å². The minimum Gasteiger partial charge on any atom is -0.274 e. The molecule has 0 N–H and O–H groups in total. The lowest BCUT2D eigenvalue weighted by atomic mass is 10.0. The molecule has 0 aromatic heterocycles. The molecule has 1 rings (SSSR count). The van der Waals surface area contributed by atoms with Crippen molar-refractivity contribution in [1.29, 1.82) is 0 Å². The molecule has 0 spiro atoms. The van der Waals surface area contributed by atoms with Gasteiger partial charge >= 0.3 is 0 Å². The van der Waals surface area contributed by atoms with Crippen molar-refractivity contribution in [3.05, 3.63) is 0 Å². The second-order valence-electron chi connectivity index (χ2n) is 9.13. The van der Waals surface area contributed by atoms with Crippen LogP contribution in [0.2, 0.25) is 0 Å². The molecule has 0 aromatic rings. The summed E-state index contributed by atoms with van der Waals surface area (Å²) in [5.74, 6) is -0.930. The molecular formula is C26H47NO3. The van der Waals surface area contributed by atoms with E-state index in [9.17, 15) is 14.4 Å². The van der Waals surface area contributed by atoms with E-state index in [0.29, 0.717) is 6.42 Å². The molecular weight excluding hydrogens is 374 g/mol. The monoisotopic (exact) mass is 421 g/mol. The molecule has 4 nitrogen and oxygen atoms in total. The van der Waals surface area contributed by atoms with E-state index in [1.165, 1.54) is 103 Å². The zero-order valence-electron chi connectivity index (χ0n) is 19.7. The van der Waals surface area contributed by atoms with Gasteiger partial charge in [0.15, 0.2) is 0 Å². The minimum absolute atomic E-state index is 0.198. The number of carbonyl (C=O) groups excluding carboxylic acids is 3. The van der Waals surface area contributed by atoms with E-state index < -0.39 is 0 Å². The Labute approximate surface area is 185 Å². The summed E-state index contributed by atoms with van der Waals surface area (Å²) >= 11 is 0. The normalized spacial score (nSPS) is 14.1. The summed E-state index contributed by atoms with van der Waals surface area (Å²) in [5, 5.41) is 0. The average Bonchev–Trinajstić information content (AvgIpc) is 3.07. The Morgan fingerprint density at radius 1 is 0.567 bits per heavy atom. The van der Waals surface area contributed by atoms with Crippen molar-refractivity contribution in [1.82, 2.24) is 4.90 Å². The molecule has 0 saturated carbocycles. The molecule has 0 unspecified atom stereocenters. The molecule has 1 saturated heterocycles. The van der Waals surface area contributed by atoms with Crippen LogP contribution in [-0.2, 0) is 14.4 Å². The quantitative estimate of drug-likeness (QED) is 0.151. The van der Waals surface area contributed by atoms with Crippen molar-refractivity contribution in [2.24, 2.45) is 0 Å². The molecule has 0 aliphatic carbocycles. The van der Waals surface area contributed by atoms with Crippen LogP contribution in [0.4, 0.5) is 0 Å². The van der Waals surface area contributed by atoms with Gasteiger partial charge in [-0.3, -0.25) is 14.4 Å². The number of unbranched alkanes of at least 4 members (excludes halogenated alkanes) is 18. The molecule has 1 aliphatic heterocycles. The van der Waals surface area contributed by atoms with E-state index in [1.54, 1.807) is 0 Å². The molecule has 4 heteroatoms. The van der Waals surface area contributed by atoms with E-state index in [4.69, 9.17) is 0 Å². The van der Waals surface area contributed by atoms with E-state index >= 15 is 0 Å². The van der Waals surface area contributed by atoms with Gasteiger partial charge in [-0.25, -0.2) is 4.90 Å². The van der Waals surface area contributed by atoms with Crippen LogP contribution in [0.25, 0.3) is 0 Å². The van der Waals surface area contributed by atoms with E-state index in [-0.39, 0.29) is 30.6 Å². The first-order chi connectivity index (χ1) is 14.7. The molecule has 1 heterocycles. The molecule has 0 aromatic carbocycles. The lowest BCUT2D eigenvalue weighted by Crippen LogP contribution is -2.35. The maximum absolute atomic E-state index is 11.9. The van der Waals surface area contributed by atoms with Crippen LogP contribution < -0.4 is 0 Å². The zero-order chi connectivity index (χ0) is 21.9. The average molecular weight is 422 g/mol. The van der Waals surface area contributed by atoms with Gasteiger partial charge < -0.3 is 0 Å². The Morgan fingerprint density at radius 3 is 1.20 bits per heavy atom. The molecule has 30 heavy (non-hydrogen) atoms. The van der Waals surface area contributed by atoms with Crippen LogP contribution in [0.3, 0.4) is 0 Å². The fourth-order valence-electron chi connectivity index (χ4n) is 4.32. The van der Waals surface area contributed by atoms with Crippen molar-refractivity contribution < 1.29 is 14.4 Å². The highest BCUT2D eigenvalue weighted by Crippen LogP contribution is 2.17. The van der Waals surface area contributed by atoms with Gasteiger partial charge in [-0.05, 0) is 6.42 Å². The maximum Gasteiger partial charge on any atom is 0.236 e. The number of nitrogens with zero attached hydrogens (tertiary/aromatic N) is 1. The van der Waals surface area contributed by atoms with Crippen molar-refractivity contribution in [2.45, 2.75) is 148 Å². The van der Waals surface area contributed by atoms with Gasteiger partial charge in [0.1, 0.15) is 0 Å². The van der Waals surface area contributed by atoms with Gasteiger partial charge in [0.05, 0.1) is 0 Å². The van der Waals surface area contributed by atoms with Crippen molar-refractivity contribution in [3.63, 3.8) is 0 Å². The maximum atomic E-state index is 11.9. The molecule has 1 fully saturated rings. The van der Waals surface area contributed by atoms with Crippen molar-refractivity contribution in [3.8, 4) is 0 Å². The van der Waals surface area contributed by atoms with Crippen LogP contribution in [0.1, 0.15) is 148 Å². The third-order valence-electron chi connectivity index (χ3n) is 6.30. The van der Waals surface area contributed by atoms with Gasteiger partial charge in [0, 0.05) is 19.3 Å². The fourth-order valence-corrected chi connectivity index (χ4v) is 4.32. The van der Waals surface area contributed by atoms with Crippen LogP contribution in [0.5, 0.6) is 0 Å². The van der Waals surface area contributed by atoms with Crippen LogP contribution >= 0.6 is 0 Å². The second kappa shape index (κ2) is 18.6. The highest BCUT2D eigenvalue weighted by Gasteiger charge is 2.33. The summed E-state index contributed by atoms with van der Waals surface area (Å²) in [6.07, 6.45) is 25.8. The Morgan fingerprint density at radius 2 is 0.867 bits per heavy atom. The SMILES string of the molecule is CCCCCCCCCCCCCCCCCCCCCC(=O)N1C(=O)CCC1=O. The number of hydrogen-bond donors (Lipinski definition) is 0. The van der Waals surface area contributed by atoms with Crippen molar-refractivity contribution in [2.75, 3.05) is 0 Å². The molecule has 0 atom stereocenters. The van der Waals surface area contributed by atoms with Crippen LogP contribution in [0.15, 0.2) is 0 Å². The summed E-state index contributed by atoms with van der Waals surface area (Å²) < 4.78 is 0. The first-order valence-corrected chi connectivity index (χ1v) is 13.1. The summed E-state index contributed by atoms with van der Waals surface area (Å²) in [4.78, 5) is 35.8. The number of amides is 3. The van der Waals surface area contributed by atoms with E-state index in [0.717, 1.165) is 24.2 Å². The molecule has 1 aliphatic rings. The molecule has 3 amide bonds. The van der Waals surface area contributed by atoms with E-state index in [2.05, 4.69) is 6.92 Å².